The van der Waals surface area contributed by atoms with Crippen LogP contribution in [0.25, 0.3) is 0 Å². The standard InChI is InChI=1S/C17H14ClFN2O2S/c1-24-15-8-3-2-7-12(15)20-17(22)14-9-13(21-23-14)16-10(18)5-4-6-11(16)19/h2-8,14H,9H2,1H3,(H,20,22)/t14-/m1/s1. The third-order valence-electron chi connectivity index (χ3n) is 3.58. The minimum atomic E-state index is -0.814. The van der Waals surface area contributed by atoms with E-state index in [0.29, 0.717) is 11.4 Å². The number of nitrogens with zero attached hydrogens (tertiary/aromatic N) is 1. The van der Waals surface area contributed by atoms with Crippen LogP contribution >= 0.6 is 23.4 Å². The zero-order chi connectivity index (χ0) is 17.1. The normalized spacial score (nSPS) is 16.5. The second kappa shape index (κ2) is 7.23. The fourth-order valence-electron chi connectivity index (χ4n) is 2.40. The van der Waals surface area contributed by atoms with Crippen LogP contribution in [0.5, 0.6) is 0 Å². The Balaban J connectivity index is 1.72. The molecule has 4 nitrogen and oxygen atoms in total. The van der Waals surface area contributed by atoms with Crippen LogP contribution in [-0.2, 0) is 9.63 Å². The highest BCUT2D eigenvalue weighted by Gasteiger charge is 2.31. The highest BCUT2D eigenvalue weighted by molar-refractivity contribution is 7.98. The summed E-state index contributed by atoms with van der Waals surface area (Å²) in [5.41, 5.74) is 1.21. The summed E-state index contributed by atoms with van der Waals surface area (Å²) in [6.45, 7) is 0. The Hall–Kier alpha value is -2.05. The molecule has 0 fully saturated rings. The van der Waals surface area contributed by atoms with Gasteiger partial charge in [0.15, 0.2) is 0 Å². The quantitative estimate of drug-likeness (QED) is 0.821. The number of carbonyl (C=O) groups is 1. The molecule has 24 heavy (non-hydrogen) atoms. The molecule has 0 spiro atoms. The largest absolute Gasteiger partial charge is 0.382 e. The van der Waals surface area contributed by atoms with Crippen molar-refractivity contribution in [2.45, 2.75) is 17.4 Å². The Morgan fingerprint density at radius 2 is 2.12 bits per heavy atom. The molecule has 1 aliphatic heterocycles. The molecule has 1 atom stereocenters. The smallest absolute Gasteiger partial charge is 0.268 e. The highest BCUT2D eigenvalue weighted by Crippen LogP contribution is 2.28. The lowest BCUT2D eigenvalue weighted by molar-refractivity contribution is -0.125. The van der Waals surface area contributed by atoms with Crippen molar-refractivity contribution >= 4 is 40.7 Å². The first kappa shape index (κ1) is 16.8. The molecular weight excluding hydrogens is 351 g/mol. The number of halogens is 2. The van der Waals surface area contributed by atoms with Crippen molar-refractivity contribution < 1.29 is 14.0 Å². The lowest BCUT2D eigenvalue weighted by Crippen LogP contribution is -2.28. The number of amides is 1. The van der Waals surface area contributed by atoms with Crippen LogP contribution in [0.15, 0.2) is 52.5 Å². The monoisotopic (exact) mass is 364 g/mol. The van der Waals surface area contributed by atoms with Crippen molar-refractivity contribution in [3.8, 4) is 0 Å². The van der Waals surface area contributed by atoms with E-state index in [1.54, 1.807) is 6.07 Å². The van der Waals surface area contributed by atoms with E-state index in [4.69, 9.17) is 16.4 Å². The second-order valence-electron chi connectivity index (χ2n) is 5.12. The van der Waals surface area contributed by atoms with Crippen molar-refractivity contribution in [2.75, 3.05) is 11.6 Å². The summed E-state index contributed by atoms with van der Waals surface area (Å²) >= 11 is 7.56. The first-order valence-corrected chi connectivity index (χ1v) is 8.81. The van der Waals surface area contributed by atoms with E-state index in [2.05, 4.69) is 10.5 Å². The Morgan fingerprint density at radius 3 is 2.88 bits per heavy atom. The van der Waals surface area contributed by atoms with Crippen LogP contribution in [-0.4, -0.2) is 24.0 Å². The number of hydrogen-bond donors (Lipinski definition) is 1. The number of rotatable bonds is 4. The molecule has 0 unspecified atom stereocenters. The van der Waals surface area contributed by atoms with Gasteiger partial charge in [0.1, 0.15) is 5.82 Å². The highest BCUT2D eigenvalue weighted by atomic mass is 35.5. The number of hydrogen-bond acceptors (Lipinski definition) is 4. The molecule has 0 aliphatic carbocycles. The number of thioether (sulfide) groups is 1. The number of para-hydroxylation sites is 1. The van der Waals surface area contributed by atoms with Crippen molar-refractivity contribution in [3.05, 3.63) is 58.9 Å². The topological polar surface area (TPSA) is 50.7 Å². The van der Waals surface area contributed by atoms with Crippen molar-refractivity contribution in [1.82, 2.24) is 0 Å². The predicted octanol–water partition coefficient (Wildman–Crippen LogP) is 4.33. The van der Waals surface area contributed by atoms with E-state index in [9.17, 15) is 9.18 Å². The Labute approximate surface area is 148 Å². The first-order valence-electron chi connectivity index (χ1n) is 7.21. The zero-order valence-electron chi connectivity index (χ0n) is 12.8. The van der Waals surface area contributed by atoms with E-state index in [0.717, 1.165) is 4.90 Å². The van der Waals surface area contributed by atoms with Crippen molar-refractivity contribution in [2.24, 2.45) is 5.16 Å². The maximum atomic E-state index is 14.0. The van der Waals surface area contributed by atoms with E-state index in [-0.39, 0.29) is 22.9 Å². The van der Waals surface area contributed by atoms with E-state index in [1.807, 2.05) is 30.5 Å². The molecule has 1 amide bonds. The van der Waals surface area contributed by atoms with Gasteiger partial charge in [-0.15, -0.1) is 11.8 Å². The lowest BCUT2D eigenvalue weighted by atomic mass is 10.0. The van der Waals surface area contributed by atoms with Gasteiger partial charge in [-0.3, -0.25) is 4.79 Å². The summed E-state index contributed by atoms with van der Waals surface area (Å²) in [5.74, 6) is -0.818. The average molecular weight is 365 g/mol. The number of oxime groups is 1. The maximum Gasteiger partial charge on any atom is 0.268 e. The van der Waals surface area contributed by atoms with E-state index >= 15 is 0 Å². The summed E-state index contributed by atoms with van der Waals surface area (Å²) in [4.78, 5) is 18.5. The molecule has 124 valence electrons. The summed E-state index contributed by atoms with van der Waals surface area (Å²) in [7, 11) is 0. The third kappa shape index (κ3) is 3.39. The van der Waals surface area contributed by atoms with Crippen LogP contribution in [0.1, 0.15) is 12.0 Å². The number of anilines is 1. The summed E-state index contributed by atoms with van der Waals surface area (Å²) < 4.78 is 14.0. The Bertz CT molecular complexity index is 793. The fraction of sp³-hybridized carbons (Fsp3) is 0.176. The zero-order valence-corrected chi connectivity index (χ0v) is 14.3. The molecule has 1 N–H and O–H groups in total. The maximum absolute atomic E-state index is 14.0. The first-order chi connectivity index (χ1) is 11.6. The van der Waals surface area contributed by atoms with Gasteiger partial charge in [0.05, 0.1) is 22.0 Å². The van der Waals surface area contributed by atoms with Gasteiger partial charge in [-0.05, 0) is 30.5 Å². The summed E-state index contributed by atoms with van der Waals surface area (Å²) in [5, 5.41) is 6.90. The van der Waals surface area contributed by atoms with Gasteiger partial charge in [-0.25, -0.2) is 4.39 Å². The molecule has 0 saturated carbocycles. The fourth-order valence-corrected chi connectivity index (χ4v) is 3.23. The third-order valence-corrected chi connectivity index (χ3v) is 4.69. The average Bonchev–Trinajstić information content (AvgIpc) is 3.05. The molecule has 0 saturated heterocycles. The molecule has 0 aromatic heterocycles. The molecule has 1 heterocycles. The molecule has 0 bridgehead atoms. The van der Waals surface area contributed by atoms with Gasteiger partial charge in [0.25, 0.3) is 5.91 Å². The van der Waals surface area contributed by atoms with Crippen LogP contribution in [0.4, 0.5) is 10.1 Å². The SMILES string of the molecule is CSc1ccccc1NC(=O)[C@H]1CC(c2c(F)cccc2Cl)=NO1. The lowest BCUT2D eigenvalue weighted by Gasteiger charge is -2.12. The molecule has 7 heteroatoms. The Morgan fingerprint density at radius 1 is 1.33 bits per heavy atom. The van der Waals surface area contributed by atoms with E-state index in [1.165, 1.54) is 23.9 Å². The van der Waals surface area contributed by atoms with Crippen molar-refractivity contribution in [1.29, 1.82) is 0 Å². The molecule has 2 aromatic rings. The predicted molar refractivity (Wildman–Crippen MR) is 94.3 cm³/mol. The van der Waals surface area contributed by atoms with E-state index < -0.39 is 11.9 Å². The van der Waals surface area contributed by atoms with Crippen molar-refractivity contribution in [3.63, 3.8) is 0 Å². The van der Waals surface area contributed by atoms with Crippen LogP contribution in [0.2, 0.25) is 5.02 Å². The second-order valence-corrected chi connectivity index (χ2v) is 6.38. The van der Waals surface area contributed by atoms with Gasteiger partial charge in [-0.2, -0.15) is 0 Å². The summed E-state index contributed by atoms with van der Waals surface area (Å²) in [6.07, 6.45) is 1.28. The molecule has 2 aromatic carbocycles. The van der Waals surface area contributed by atoms with Gasteiger partial charge in [0.2, 0.25) is 6.10 Å². The minimum absolute atomic E-state index is 0.161. The Kier molecular flexibility index (Phi) is 5.06. The number of benzene rings is 2. The molecule has 0 radical (unpaired) electrons. The molecular formula is C17H14ClFN2O2S. The van der Waals surface area contributed by atoms with Gasteiger partial charge < -0.3 is 10.2 Å². The minimum Gasteiger partial charge on any atom is -0.382 e. The van der Waals surface area contributed by atoms with Gasteiger partial charge >= 0.3 is 0 Å². The van der Waals surface area contributed by atoms with Gasteiger partial charge in [-0.1, -0.05) is 35.0 Å². The number of carbonyl (C=O) groups excluding carboxylic acids is 1. The van der Waals surface area contributed by atoms with Crippen LogP contribution in [0, 0.1) is 5.82 Å². The molecule has 1 aliphatic rings. The summed E-state index contributed by atoms with van der Waals surface area (Å²) in [6, 6.07) is 11.9. The number of nitrogens with one attached hydrogen (secondary N) is 1. The van der Waals surface area contributed by atoms with Gasteiger partial charge in [0, 0.05) is 11.3 Å². The van der Waals surface area contributed by atoms with Crippen LogP contribution in [0.3, 0.4) is 0 Å². The molecule has 3 rings (SSSR count). The van der Waals surface area contributed by atoms with Crippen LogP contribution < -0.4 is 5.32 Å².